The first-order valence-electron chi connectivity index (χ1n) is 3.80. The van der Waals surface area contributed by atoms with E-state index in [4.69, 9.17) is 5.73 Å². The molecule has 11 heavy (non-hydrogen) atoms. The number of likely N-dealkylation sites (N-methyl/N-ethyl adjacent to an activating group) is 1. The molecule has 0 unspecified atom stereocenters. The van der Waals surface area contributed by atoms with E-state index in [1.807, 2.05) is 6.92 Å². The average molecular weight is 156 g/mol. The molecule has 0 aromatic heterocycles. The lowest BCUT2D eigenvalue weighted by atomic mass is 10.4. The van der Waals surface area contributed by atoms with Gasteiger partial charge in [0.15, 0.2) is 0 Å². The quantitative estimate of drug-likeness (QED) is 0.598. The summed E-state index contributed by atoms with van der Waals surface area (Å²) in [6, 6.07) is 0. The molecule has 0 aromatic carbocycles. The van der Waals surface area contributed by atoms with Crippen LogP contribution >= 0.6 is 0 Å². The molecular weight excluding hydrogens is 140 g/mol. The van der Waals surface area contributed by atoms with Gasteiger partial charge in [-0.15, -0.1) is 0 Å². The van der Waals surface area contributed by atoms with Gasteiger partial charge >= 0.3 is 0 Å². The van der Waals surface area contributed by atoms with Gasteiger partial charge in [0.05, 0.1) is 0 Å². The molecular formula is C8H16N2O. The Morgan fingerprint density at radius 3 is 2.73 bits per heavy atom. The second kappa shape index (κ2) is 5.92. The van der Waals surface area contributed by atoms with Gasteiger partial charge in [0.25, 0.3) is 0 Å². The van der Waals surface area contributed by atoms with Crippen LogP contribution in [0.3, 0.4) is 0 Å². The average Bonchev–Trinajstić information content (AvgIpc) is 2.00. The molecule has 1 amide bonds. The van der Waals surface area contributed by atoms with Crippen LogP contribution in [0.2, 0.25) is 0 Å². The maximum Gasteiger partial charge on any atom is 0.245 e. The molecule has 0 heterocycles. The molecule has 0 aliphatic rings. The monoisotopic (exact) mass is 156 g/mol. The Morgan fingerprint density at radius 2 is 2.27 bits per heavy atom. The molecule has 0 aromatic rings. The van der Waals surface area contributed by atoms with Crippen molar-refractivity contribution in [1.82, 2.24) is 4.90 Å². The standard InChI is InChI=1S/C8H16N2O/c1-3-5-8(11)10(2)7-4-6-9/h3,5H,4,6-7,9H2,1-2H3/b5-3+. The highest BCUT2D eigenvalue weighted by Gasteiger charge is 2.01. The number of rotatable bonds is 4. The summed E-state index contributed by atoms with van der Waals surface area (Å²) in [7, 11) is 1.78. The zero-order valence-electron chi connectivity index (χ0n) is 7.21. The summed E-state index contributed by atoms with van der Waals surface area (Å²) in [6.07, 6.45) is 4.15. The molecule has 0 aliphatic carbocycles. The van der Waals surface area contributed by atoms with Crippen molar-refractivity contribution in [2.75, 3.05) is 20.1 Å². The first-order valence-corrected chi connectivity index (χ1v) is 3.80. The van der Waals surface area contributed by atoms with Crippen LogP contribution in [0.1, 0.15) is 13.3 Å². The molecule has 0 bridgehead atoms. The van der Waals surface area contributed by atoms with Gasteiger partial charge in [0.1, 0.15) is 0 Å². The second-order valence-corrected chi connectivity index (χ2v) is 2.40. The van der Waals surface area contributed by atoms with E-state index in [1.54, 1.807) is 24.1 Å². The lowest BCUT2D eigenvalue weighted by Gasteiger charge is -2.13. The molecule has 0 spiro atoms. The van der Waals surface area contributed by atoms with Crippen LogP contribution in [0.4, 0.5) is 0 Å². The summed E-state index contributed by atoms with van der Waals surface area (Å²) >= 11 is 0. The number of carbonyl (C=O) groups is 1. The number of nitrogens with zero attached hydrogens (tertiary/aromatic N) is 1. The first kappa shape index (κ1) is 10.2. The third kappa shape index (κ3) is 4.56. The minimum atomic E-state index is 0.0425. The smallest absolute Gasteiger partial charge is 0.245 e. The fraction of sp³-hybridized carbons (Fsp3) is 0.625. The highest BCUT2D eigenvalue weighted by molar-refractivity contribution is 5.87. The maximum absolute atomic E-state index is 11.0. The Kier molecular flexibility index (Phi) is 5.47. The summed E-state index contributed by atoms with van der Waals surface area (Å²) in [5.41, 5.74) is 5.29. The van der Waals surface area contributed by atoms with Crippen LogP contribution < -0.4 is 5.73 Å². The zero-order valence-corrected chi connectivity index (χ0v) is 7.21. The summed E-state index contributed by atoms with van der Waals surface area (Å²) in [6.45, 7) is 3.20. The van der Waals surface area contributed by atoms with E-state index >= 15 is 0 Å². The van der Waals surface area contributed by atoms with E-state index in [1.165, 1.54) is 0 Å². The van der Waals surface area contributed by atoms with Crippen LogP contribution in [-0.2, 0) is 4.79 Å². The van der Waals surface area contributed by atoms with Crippen LogP contribution in [0, 0.1) is 0 Å². The molecule has 0 rings (SSSR count). The Labute approximate surface area is 67.9 Å². The van der Waals surface area contributed by atoms with Gasteiger partial charge in [-0.05, 0) is 26.0 Å². The summed E-state index contributed by atoms with van der Waals surface area (Å²) < 4.78 is 0. The molecule has 64 valence electrons. The van der Waals surface area contributed by atoms with Gasteiger partial charge in [-0.3, -0.25) is 4.79 Å². The fourth-order valence-electron chi connectivity index (χ4n) is 0.708. The highest BCUT2D eigenvalue weighted by atomic mass is 16.2. The number of amides is 1. The van der Waals surface area contributed by atoms with Crippen molar-refractivity contribution in [2.24, 2.45) is 5.73 Å². The van der Waals surface area contributed by atoms with Crippen molar-refractivity contribution < 1.29 is 4.79 Å². The van der Waals surface area contributed by atoms with Crippen LogP contribution in [0.5, 0.6) is 0 Å². The predicted molar refractivity (Wildman–Crippen MR) is 46.1 cm³/mol. The maximum atomic E-state index is 11.0. The normalized spacial score (nSPS) is 10.5. The van der Waals surface area contributed by atoms with Gasteiger partial charge in [-0.25, -0.2) is 0 Å². The molecule has 3 heteroatoms. The zero-order chi connectivity index (χ0) is 8.69. The first-order chi connectivity index (χ1) is 5.22. The third-order valence-corrected chi connectivity index (χ3v) is 1.38. The van der Waals surface area contributed by atoms with Gasteiger partial charge in [0.2, 0.25) is 5.91 Å². The van der Waals surface area contributed by atoms with Crippen molar-refractivity contribution in [2.45, 2.75) is 13.3 Å². The number of hydrogen-bond acceptors (Lipinski definition) is 2. The van der Waals surface area contributed by atoms with Gasteiger partial charge in [-0.1, -0.05) is 6.08 Å². The Balaban J connectivity index is 3.64. The summed E-state index contributed by atoms with van der Waals surface area (Å²) in [5, 5.41) is 0. The van der Waals surface area contributed by atoms with Crippen molar-refractivity contribution >= 4 is 5.91 Å². The topological polar surface area (TPSA) is 46.3 Å². The Hall–Kier alpha value is -0.830. The number of hydrogen-bond donors (Lipinski definition) is 1. The Morgan fingerprint density at radius 1 is 1.64 bits per heavy atom. The third-order valence-electron chi connectivity index (χ3n) is 1.38. The molecule has 0 radical (unpaired) electrons. The van der Waals surface area contributed by atoms with Crippen molar-refractivity contribution in [3.8, 4) is 0 Å². The van der Waals surface area contributed by atoms with Crippen molar-refractivity contribution in [3.63, 3.8) is 0 Å². The van der Waals surface area contributed by atoms with Crippen LogP contribution in [0.25, 0.3) is 0 Å². The molecule has 2 N–H and O–H groups in total. The van der Waals surface area contributed by atoms with Crippen molar-refractivity contribution in [1.29, 1.82) is 0 Å². The van der Waals surface area contributed by atoms with E-state index < -0.39 is 0 Å². The van der Waals surface area contributed by atoms with Crippen molar-refractivity contribution in [3.05, 3.63) is 12.2 Å². The molecule has 0 aliphatic heterocycles. The van der Waals surface area contributed by atoms with E-state index in [0.717, 1.165) is 13.0 Å². The van der Waals surface area contributed by atoms with Gasteiger partial charge in [-0.2, -0.15) is 0 Å². The molecule has 0 atom stereocenters. The lowest BCUT2D eigenvalue weighted by Crippen LogP contribution is -2.27. The van der Waals surface area contributed by atoms with Gasteiger partial charge < -0.3 is 10.6 Å². The van der Waals surface area contributed by atoms with Gasteiger partial charge in [0, 0.05) is 13.6 Å². The molecule has 0 saturated heterocycles. The van der Waals surface area contributed by atoms with E-state index in [-0.39, 0.29) is 5.91 Å². The van der Waals surface area contributed by atoms with E-state index in [2.05, 4.69) is 0 Å². The van der Waals surface area contributed by atoms with Crippen LogP contribution in [-0.4, -0.2) is 30.9 Å². The number of carbonyl (C=O) groups excluding carboxylic acids is 1. The van der Waals surface area contributed by atoms with E-state index in [9.17, 15) is 4.79 Å². The van der Waals surface area contributed by atoms with Crippen LogP contribution in [0.15, 0.2) is 12.2 Å². The molecule has 0 saturated carbocycles. The molecule has 3 nitrogen and oxygen atoms in total. The summed E-state index contributed by atoms with van der Waals surface area (Å²) in [4.78, 5) is 12.7. The summed E-state index contributed by atoms with van der Waals surface area (Å²) in [5.74, 6) is 0.0425. The minimum absolute atomic E-state index is 0.0425. The SMILES string of the molecule is C/C=C/C(=O)N(C)CCCN. The number of nitrogens with two attached hydrogens (primary N) is 1. The second-order valence-electron chi connectivity index (χ2n) is 2.40. The largest absolute Gasteiger partial charge is 0.342 e. The predicted octanol–water partition coefficient (Wildman–Crippen LogP) is 0.370. The minimum Gasteiger partial charge on any atom is -0.342 e. The molecule has 0 fully saturated rings. The lowest BCUT2D eigenvalue weighted by molar-refractivity contribution is -0.124. The highest BCUT2D eigenvalue weighted by Crippen LogP contribution is 1.88. The van der Waals surface area contributed by atoms with E-state index in [0.29, 0.717) is 6.54 Å². The fourth-order valence-corrected chi connectivity index (χ4v) is 0.708. The Bertz CT molecular complexity index is 143. The number of allylic oxidation sites excluding steroid dienone is 1.